The molecule has 9 heavy (non-hydrogen) atoms. The monoisotopic (exact) mass is 130 g/mol. The van der Waals surface area contributed by atoms with Crippen LogP contribution < -0.4 is 11.0 Å². The molecule has 0 aromatic rings. The number of nitrogens with one attached hydrogen (secondary N) is 1. The summed E-state index contributed by atoms with van der Waals surface area (Å²) in [7, 11) is 2.32. The molecule has 0 fully saturated rings. The standard InChI is InChI=1S/C5H15BN2O/c1-9-6-8-5-3-2-4-7/h6,8H,2-5,7H2,1H3. The molecular formula is C5H15BN2O. The summed E-state index contributed by atoms with van der Waals surface area (Å²) < 4.78 is 4.78. The third-order valence-electron chi connectivity index (χ3n) is 1.05. The van der Waals surface area contributed by atoms with Crippen molar-refractivity contribution in [3.05, 3.63) is 0 Å². The zero-order valence-electron chi connectivity index (χ0n) is 6.02. The van der Waals surface area contributed by atoms with Crippen LogP contribution in [0.5, 0.6) is 0 Å². The van der Waals surface area contributed by atoms with Crippen LogP contribution >= 0.6 is 0 Å². The van der Waals surface area contributed by atoms with Crippen molar-refractivity contribution in [1.29, 1.82) is 0 Å². The van der Waals surface area contributed by atoms with Gasteiger partial charge in [0.2, 0.25) is 0 Å². The molecule has 0 heterocycles. The van der Waals surface area contributed by atoms with Crippen LogP contribution in [0.25, 0.3) is 0 Å². The lowest BCUT2D eigenvalue weighted by molar-refractivity contribution is 0.430. The quantitative estimate of drug-likeness (QED) is 0.366. The van der Waals surface area contributed by atoms with Crippen LogP contribution in [0.4, 0.5) is 0 Å². The molecule has 0 atom stereocenters. The Hall–Kier alpha value is -0.0551. The zero-order chi connectivity index (χ0) is 6.95. The van der Waals surface area contributed by atoms with Crippen molar-refractivity contribution in [2.24, 2.45) is 5.73 Å². The fourth-order valence-electron chi connectivity index (χ4n) is 0.569. The van der Waals surface area contributed by atoms with Gasteiger partial charge >= 0.3 is 7.62 Å². The van der Waals surface area contributed by atoms with Gasteiger partial charge < -0.3 is 15.6 Å². The van der Waals surface area contributed by atoms with Crippen LogP contribution in [0.2, 0.25) is 0 Å². The van der Waals surface area contributed by atoms with Gasteiger partial charge in [0, 0.05) is 7.11 Å². The maximum atomic E-state index is 5.28. The lowest BCUT2D eigenvalue weighted by Gasteiger charge is -1.98. The molecule has 0 radical (unpaired) electrons. The first kappa shape index (κ1) is 8.94. The summed E-state index contributed by atoms with van der Waals surface area (Å²) in [5.74, 6) is 0. The fraction of sp³-hybridized carbons (Fsp3) is 1.00. The van der Waals surface area contributed by atoms with Gasteiger partial charge in [-0.3, -0.25) is 0 Å². The number of unbranched alkanes of at least 4 members (excludes halogenated alkanes) is 1. The molecule has 3 N–H and O–H groups in total. The third kappa shape index (κ3) is 7.94. The Balaban J connectivity index is 2.60. The Morgan fingerprint density at radius 2 is 2.33 bits per heavy atom. The average molecular weight is 130 g/mol. The van der Waals surface area contributed by atoms with E-state index in [1.807, 2.05) is 0 Å². The highest BCUT2D eigenvalue weighted by molar-refractivity contribution is 6.23. The second kappa shape index (κ2) is 7.94. The minimum atomic E-state index is 0.643. The molecule has 0 bridgehead atoms. The van der Waals surface area contributed by atoms with Crippen molar-refractivity contribution in [1.82, 2.24) is 5.23 Å². The predicted molar refractivity (Wildman–Crippen MR) is 40.4 cm³/mol. The first-order valence-corrected chi connectivity index (χ1v) is 3.31. The number of hydrogen-bond donors (Lipinski definition) is 2. The van der Waals surface area contributed by atoms with Gasteiger partial charge in [-0.1, -0.05) is 0 Å². The molecule has 0 amide bonds. The SMILES string of the molecule is COBNCCCCN. The summed E-state index contributed by atoms with van der Waals surface area (Å²) in [6.45, 7) is 1.79. The van der Waals surface area contributed by atoms with Gasteiger partial charge in [-0.05, 0) is 25.9 Å². The van der Waals surface area contributed by atoms with Crippen molar-refractivity contribution >= 4 is 7.62 Å². The highest BCUT2D eigenvalue weighted by atomic mass is 16.4. The largest absolute Gasteiger partial charge is 0.427 e. The van der Waals surface area contributed by atoms with Crippen molar-refractivity contribution in [2.75, 3.05) is 20.2 Å². The first-order chi connectivity index (χ1) is 4.41. The van der Waals surface area contributed by atoms with E-state index in [-0.39, 0.29) is 0 Å². The van der Waals surface area contributed by atoms with Crippen molar-refractivity contribution < 1.29 is 4.65 Å². The summed E-state index contributed by atoms with van der Waals surface area (Å²) in [4.78, 5) is 0. The summed E-state index contributed by atoms with van der Waals surface area (Å²) in [5.41, 5.74) is 5.28. The van der Waals surface area contributed by atoms with E-state index < -0.39 is 0 Å². The minimum absolute atomic E-state index is 0.643. The fourth-order valence-corrected chi connectivity index (χ4v) is 0.569. The highest BCUT2D eigenvalue weighted by Gasteiger charge is 1.86. The third-order valence-corrected chi connectivity index (χ3v) is 1.05. The average Bonchev–Trinajstić information content (AvgIpc) is 1.89. The Bertz CT molecular complexity index is 48.2. The Morgan fingerprint density at radius 3 is 2.89 bits per heavy atom. The second-order valence-corrected chi connectivity index (χ2v) is 1.93. The maximum Gasteiger partial charge on any atom is 0.360 e. The Kier molecular flexibility index (Phi) is 7.90. The van der Waals surface area contributed by atoms with E-state index in [2.05, 4.69) is 5.23 Å². The molecule has 0 aliphatic heterocycles. The molecule has 0 aliphatic carbocycles. The van der Waals surface area contributed by atoms with Gasteiger partial charge in [-0.2, -0.15) is 0 Å². The second-order valence-electron chi connectivity index (χ2n) is 1.93. The van der Waals surface area contributed by atoms with Gasteiger partial charge in [-0.25, -0.2) is 0 Å². The topological polar surface area (TPSA) is 47.3 Å². The van der Waals surface area contributed by atoms with Gasteiger partial charge in [0.25, 0.3) is 0 Å². The molecule has 0 unspecified atom stereocenters. The van der Waals surface area contributed by atoms with Crippen LogP contribution in [0.3, 0.4) is 0 Å². The molecule has 0 saturated carbocycles. The molecule has 0 aromatic carbocycles. The van der Waals surface area contributed by atoms with Gasteiger partial charge in [0.1, 0.15) is 0 Å². The van der Waals surface area contributed by atoms with Crippen LogP contribution in [-0.4, -0.2) is 27.8 Å². The molecule has 54 valence electrons. The van der Waals surface area contributed by atoms with Crippen molar-refractivity contribution in [3.63, 3.8) is 0 Å². The molecule has 0 saturated heterocycles. The molecule has 0 aliphatic rings. The zero-order valence-corrected chi connectivity index (χ0v) is 6.02. The summed E-state index contributed by atoms with van der Waals surface area (Å²) in [6.07, 6.45) is 2.23. The normalized spacial score (nSPS) is 9.56. The van der Waals surface area contributed by atoms with E-state index in [0.717, 1.165) is 25.9 Å². The molecule has 0 rings (SSSR count). The smallest absolute Gasteiger partial charge is 0.360 e. The number of nitrogens with two attached hydrogens (primary N) is 1. The molecule has 0 aromatic heterocycles. The lowest BCUT2D eigenvalue weighted by Crippen LogP contribution is -2.22. The van der Waals surface area contributed by atoms with E-state index in [9.17, 15) is 0 Å². The predicted octanol–water partition coefficient (Wildman–Crippen LogP) is -0.772. The Morgan fingerprint density at radius 1 is 1.56 bits per heavy atom. The molecule has 4 heteroatoms. The van der Waals surface area contributed by atoms with Crippen molar-refractivity contribution in [2.45, 2.75) is 12.8 Å². The maximum absolute atomic E-state index is 5.28. The first-order valence-electron chi connectivity index (χ1n) is 3.31. The van der Waals surface area contributed by atoms with Gasteiger partial charge in [0.05, 0.1) is 0 Å². The van der Waals surface area contributed by atoms with Gasteiger partial charge in [-0.15, -0.1) is 0 Å². The summed E-state index contributed by atoms with van der Waals surface area (Å²) in [6, 6.07) is 0. The lowest BCUT2D eigenvalue weighted by atomic mass is 10.2. The number of rotatable bonds is 6. The van der Waals surface area contributed by atoms with Gasteiger partial charge in [0.15, 0.2) is 0 Å². The van der Waals surface area contributed by atoms with E-state index in [0.29, 0.717) is 7.62 Å². The van der Waals surface area contributed by atoms with Crippen LogP contribution in [0.1, 0.15) is 12.8 Å². The summed E-state index contributed by atoms with van der Waals surface area (Å²) >= 11 is 0. The summed E-state index contributed by atoms with van der Waals surface area (Å²) in [5, 5.41) is 3.09. The van der Waals surface area contributed by atoms with E-state index in [1.54, 1.807) is 7.11 Å². The van der Waals surface area contributed by atoms with Crippen molar-refractivity contribution in [3.8, 4) is 0 Å². The Labute approximate surface area is 57.2 Å². The van der Waals surface area contributed by atoms with E-state index in [1.165, 1.54) is 0 Å². The van der Waals surface area contributed by atoms with E-state index in [4.69, 9.17) is 10.4 Å². The minimum Gasteiger partial charge on any atom is -0.427 e. The van der Waals surface area contributed by atoms with E-state index >= 15 is 0 Å². The highest BCUT2D eigenvalue weighted by Crippen LogP contribution is 1.80. The van der Waals surface area contributed by atoms with Crippen LogP contribution in [-0.2, 0) is 4.65 Å². The number of hydrogen-bond acceptors (Lipinski definition) is 3. The van der Waals surface area contributed by atoms with Crippen LogP contribution in [0.15, 0.2) is 0 Å². The molecular weight excluding hydrogens is 115 g/mol. The molecule has 3 nitrogen and oxygen atoms in total. The van der Waals surface area contributed by atoms with Crippen LogP contribution in [0, 0.1) is 0 Å². The molecule has 0 spiro atoms.